The zero-order valence-corrected chi connectivity index (χ0v) is 18.9. The van der Waals surface area contributed by atoms with Crippen LogP contribution in [0.5, 0.6) is 5.75 Å². The SMILES string of the molecule is COc1ccc(C(=O)CSc2nnc(N3CCOCC3)n2-c2cccc(C)c2)cc1Cl. The maximum absolute atomic E-state index is 12.8. The van der Waals surface area contributed by atoms with E-state index >= 15 is 0 Å². The quantitative estimate of drug-likeness (QED) is 0.390. The highest BCUT2D eigenvalue weighted by atomic mass is 35.5. The van der Waals surface area contributed by atoms with E-state index in [-0.39, 0.29) is 11.5 Å². The van der Waals surface area contributed by atoms with E-state index in [2.05, 4.69) is 21.2 Å². The average molecular weight is 459 g/mol. The molecule has 162 valence electrons. The first-order valence-electron chi connectivity index (χ1n) is 9.91. The molecular weight excluding hydrogens is 436 g/mol. The summed E-state index contributed by atoms with van der Waals surface area (Å²) in [6.07, 6.45) is 0. The van der Waals surface area contributed by atoms with Crippen molar-refractivity contribution >= 4 is 35.1 Å². The van der Waals surface area contributed by atoms with E-state index in [1.54, 1.807) is 25.3 Å². The topological polar surface area (TPSA) is 69.5 Å². The normalized spacial score (nSPS) is 14.0. The number of methoxy groups -OCH3 is 1. The molecule has 0 radical (unpaired) electrons. The van der Waals surface area contributed by atoms with Crippen molar-refractivity contribution in [3.8, 4) is 11.4 Å². The third kappa shape index (κ3) is 4.87. The van der Waals surface area contributed by atoms with Gasteiger partial charge in [0.15, 0.2) is 10.9 Å². The van der Waals surface area contributed by atoms with Gasteiger partial charge in [0.1, 0.15) is 5.75 Å². The molecule has 4 rings (SSSR count). The molecule has 2 aromatic carbocycles. The Hall–Kier alpha value is -2.55. The molecule has 0 spiro atoms. The summed E-state index contributed by atoms with van der Waals surface area (Å²) in [4.78, 5) is 14.9. The number of nitrogens with zero attached hydrogens (tertiary/aromatic N) is 4. The van der Waals surface area contributed by atoms with Gasteiger partial charge in [-0.25, -0.2) is 0 Å². The fraction of sp³-hybridized carbons (Fsp3) is 0.318. The van der Waals surface area contributed by atoms with Crippen molar-refractivity contribution in [3.63, 3.8) is 0 Å². The van der Waals surface area contributed by atoms with Gasteiger partial charge in [0.05, 0.1) is 36.8 Å². The van der Waals surface area contributed by atoms with E-state index in [9.17, 15) is 4.79 Å². The van der Waals surface area contributed by atoms with Gasteiger partial charge in [0.25, 0.3) is 0 Å². The van der Waals surface area contributed by atoms with E-state index in [4.69, 9.17) is 21.1 Å². The standard InChI is InChI=1S/C22H23ClN4O3S/c1-15-4-3-5-17(12-15)27-21(26-8-10-30-11-9-26)24-25-22(27)31-14-19(28)16-6-7-20(29-2)18(23)13-16/h3-7,12-13H,8-11,14H2,1-2H3. The van der Waals surface area contributed by atoms with Crippen molar-refractivity contribution in [3.05, 3.63) is 58.6 Å². The van der Waals surface area contributed by atoms with Crippen LogP contribution in [0.25, 0.3) is 5.69 Å². The molecule has 0 atom stereocenters. The van der Waals surface area contributed by atoms with Crippen LogP contribution in [-0.4, -0.2) is 59.7 Å². The van der Waals surface area contributed by atoms with Gasteiger partial charge in [-0.1, -0.05) is 35.5 Å². The van der Waals surface area contributed by atoms with E-state index < -0.39 is 0 Å². The number of anilines is 1. The van der Waals surface area contributed by atoms with Gasteiger partial charge in [0.2, 0.25) is 5.95 Å². The smallest absolute Gasteiger partial charge is 0.232 e. The number of benzene rings is 2. The van der Waals surface area contributed by atoms with Crippen LogP contribution >= 0.6 is 23.4 Å². The van der Waals surface area contributed by atoms with E-state index in [1.807, 2.05) is 29.7 Å². The largest absolute Gasteiger partial charge is 0.495 e. The number of aromatic nitrogens is 3. The van der Waals surface area contributed by atoms with Crippen LogP contribution < -0.4 is 9.64 Å². The number of hydrogen-bond donors (Lipinski definition) is 0. The van der Waals surface area contributed by atoms with Crippen LogP contribution in [0, 0.1) is 6.92 Å². The number of morpholine rings is 1. The molecule has 7 nitrogen and oxygen atoms in total. The predicted molar refractivity (Wildman–Crippen MR) is 122 cm³/mol. The minimum absolute atomic E-state index is 0.0405. The van der Waals surface area contributed by atoms with Gasteiger partial charge >= 0.3 is 0 Å². The number of carbonyl (C=O) groups excluding carboxylic acids is 1. The Morgan fingerprint density at radius 1 is 1.19 bits per heavy atom. The lowest BCUT2D eigenvalue weighted by Crippen LogP contribution is -2.37. The summed E-state index contributed by atoms with van der Waals surface area (Å²) in [5.41, 5.74) is 2.64. The van der Waals surface area contributed by atoms with Crippen LogP contribution in [0.15, 0.2) is 47.6 Å². The van der Waals surface area contributed by atoms with Crippen LogP contribution in [0.1, 0.15) is 15.9 Å². The first-order chi connectivity index (χ1) is 15.1. The number of halogens is 1. The van der Waals surface area contributed by atoms with Gasteiger partial charge in [-0.2, -0.15) is 0 Å². The Labute approximate surface area is 190 Å². The molecule has 1 saturated heterocycles. The van der Waals surface area contributed by atoms with E-state index in [0.29, 0.717) is 34.7 Å². The second kappa shape index (κ2) is 9.72. The van der Waals surface area contributed by atoms with Crippen LogP contribution in [0.4, 0.5) is 5.95 Å². The highest BCUT2D eigenvalue weighted by molar-refractivity contribution is 7.99. The number of aryl methyl sites for hydroxylation is 1. The monoisotopic (exact) mass is 458 g/mol. The summed E-state index contributed by atoms with van der Waals surface area (Å²) in [5.74, 6) is 1.48. The number of ketones is 1. The van der Waals surface area contributed by atoms with Gasteiger partial charge in [-0.05, 0) is 42.8 Å². The molecule has 1 aliphatic rings. The Balaban J connectivity index is 1.60. The molecule has 0 aliphatic carbocycles. The van der Waals surface area contributed by atoms with E-state index in [1.165, 1.54) is 11.8 Å². The van der Waals surface area contributed by atoms with Gasteiger partial charge < -0.3 is 14.4 Å². The Morgan fingerprint density at radius 2 is 2.00 bits per heavy atom. The predicted octanol–water partition coefficient (Wildman–Crippen LogP) is 4.05. The van der Waals surface area contributed by atoms with Crippen LogP contribution in [0.3, 0.4) is 0 Å². The second-order valence-electron chi connectivity index (χ2n) is 7.12. The number of hydrogen-bond acceptors (Lipinski definition) is 7. The zero-order chi connectivity index (χ0) is 21.8. The maximum atomic E-state index is 12.8. The Morgan fingerprint density at radius 3 is 2.71 bits per heavy atom. The lowest BCUT2D eigenvalue weighted by atomic mass is 10.1. The molecule has 1 fully saturated rings. The van der Waals surface area contributed by atoms with Crippen molar-refractivity contribution < 1.29 is 14.3 Å². The Bertz CT molecular complexity index is 1080. The van der Waals surface area contributed by atoms with Crippen LogP contribution in [0.2, 0.25) is 5.02 Å². The molecule has 0 bridgehead atoms. The number of rotatable bonds is 7. The van der Waals surface area contributed by atoms with E-state index in [0.717, 1.165) is 30.3 Å². The highest BCUT2D eigenvalue weighted by Gasteiger charge is 2.22. The molecule has 0 N–H and O–H groups in total. The minimum atomic E-state index is -0.0405. The fourth-order valence-electron chi connectivity index (χ4n) is 3.37. The van der Waals surface area contributed by atoms with Crippen molar-refractivity contribution in [2.45, 2.75) is 12.1 Å². The number of carbonyl (C=O) groups is 1. The summed E-state index contributed by atoms with van der Waals surface area (Å²) >= 11 is 7.53. The molecule has 0 saturated carbocycles. The summed E-state index contributed by atoms with van der Waals surface area (Å²) in [7, 11) is 1.54. The fourth-order valence-corrected chi connectivity index (χ4v) is 4.47. The molecule has 1 aromatic heterocycles. The molecule has 31 heavy (non-hydrogen) atoms. The summed E-state index contributed by atoms with van der Waals surface area (Å²) in [6.45, 7) is 4.85. The third-order valence-corrected chi connectivity index (χ3v) is 6.20. The molecule has 9 heteroatoms. The minimum Gasteiger partial charge on any atom is -0.495 e. The number of ether oxygens (including phenoxy) is 2. The number of Topliss-reactive ketones (excluding diaryl/α,β-unsaturated/α-hetero) is 1. The van der Waals surface area contributed by atoms with Crippen LogP contribution in [-0.2, 0) is 4.74 Å². The average Bonchev–Trinajstić information content (AvgIpc) is 3.22. The molecule has 2 heterocycles. The lowest BCUT2D eigenvalue weighted by molar-refractivity contribution is 0.102. The lowest BCUT2D eigenvalue weighted by Gasteiger charge is -2.28. The first-order valence-corrected chi connectivity index (χ1v) is 11.3. The summed E-state index contributed by atoms with van der Waals surface area (Å²) in [5, 5.41) is 9.93. The van der Waals surface area contributed by atoms with Crippen molar-refractivity contribution in [1.29, 1.82) is 0 Å². The second-order valence-corrected chi connectivity index (χ2v) is 8.47. The van der Waals surface area contributed by atoms with Gasteiger partial charge in [-0.15, -0.1) is 10.2 Å². The highest BCUT2D eigenvalue weighted by Crippen LogP contribution is 2.29. The maximum Gasteiger partial charge on any atom is 0.232 e. The molecule has 1 aliphatic heterocycles. The van der Waals surface area contributed by atoms with Gasteiger partial charge in [0, 0.05) is 18.7 Å². The Kier molecular flexibility index (Phi) is 6.80. The van der Waals surface area contributed by atoms with Crippen molar-refractivity contribution in [2.75, 3.05) is 44.1 Å². The third-order valence-electron chi connectivity index (χ3n) is 4.98. The van der Waals surface area contributed by atoms with Crippen molar-refractivity contribution in [1.82, 2.24) is 14.8 Å². The summed E-state index contributed by atoms with van der Waals surface area (Å²) in [6, 6.07) is 13.2. The van der Waals surface area contributed by atoms with Gasteiger partial charge in [-0.3, -0.25) is 9.36 Å². The van der Waals surface area contributed by atoms with Crippen molar-refractivity contribution in [2.24, 2.45) is 0 Å². The number of thioether (sulfide) groups is 1. The molecule has 0 unspecified atom stereocenters. The molecule has 3 aromatic rings. The zero-order valence-electron chi connectivity index (χ0n) is 17.4. The molecule has 0 amide bonds. The molecular formula is C22H23ClN4O3S. The first kappa shape index (κ1) is 21.7. The summed E-state index contributed by atoms with van der Waals surface area (Å²) < 4.78 is 12.6.